The van der Waals surface area contributed by atoms with Gasteiger partial charge in [0.15, 0.2) is 18.1 Å². The molecule has 0 radical (unpaired) electrons. The number of nitrogens with one attached hydrogen (secondary N) is 1. The van der Waals surface area contributed by atoms with Crippen LogP contribution in [0.4, 0.5) is 0 Å². The summed E-state index contributed by atoms with van der Waals surface area (Å²) in [5, 5.41) is 2.47. The van der Waals surface area contributed by atoms with Crippen LogP contribution >= 0.6 is 0 Å². The van der Waals surface area contributed by atoms with Crippen molar-refractivity contribution in [3.63, 3.8) is 0 Å². The van der Waals surface area contributed by atoms with Gasteiger partial charge in [0.1, 0.15) is 6.29 Å². The highest BCUT2D eigenvalue weighted by molar-refractivity contribution is 5.78. The van der Waals surface area contributed by atoms with Crippen LogP contribution in [-0.2, 0) is 4.79 Å². The molecule has 0 heterocycles. The van der Waals surface area contributed by atoms with Gasteiger partial charge in [-0.15, -0.1) is 6.42 Å². The highest BCUT2D eigenvalue weighted by Gasteiger charge is 2.07. The zero-order chi connectivity index (χ0) is 13.4. The van der Waals surface area contributed by atoms with E-state index in [4.69, 9.17) is 15.9 Å². The summed E-state index contributed by atoms with van der Waals surface area (Å²) in [6.45, 7) is -0.0120. The number of terminal acetylenes is 1. The van der Waals surface area contributed by atoms with E-state index in [-0.39, 0.29) is 19.1 Å². The molecule has 0 spiro atoms. The maximum atomic E-state index is 11.3. The lowest BCUT2D eigenvalue weighted by Gasteiger charge is -2.10. The molecule has 0 atom stereocenters. The van der Waals surface area contributed by atoms with Gasteiger partial charge in [0.25, 0.3) is 5.91 Å². The van der Waals surface area contributed by atoms with Crippen molar-refractivity contribution in [2.75, 3.05) is 20.3 Å². The molecule has 0 saturated carbocycles. The van der Waals surface area contributed by atoms with E-state index < -0.39 is 0 Å². The molecule has 1 aromatic carbocycles. The maximum Gasteiger partial charge on any atom is 0.258 e. The van der Waals surface area contributed by atoms with Gasteiger partial charge in [0.2, 0.25) is 0 Å². The van der Waals surface area contributed by atoms with Crippen molar-refractivity contribution in [1.29, 1.82) is 0 Å². The second-order valence-electron chi connectivity index (χ2n) is 3.30. The third-order valence-electron chi connectivity index (χ3n) is 2.07. The number of carbonyl (C=O) groups is 2. The van der Waals surface area contributed by atoms with Crippen molar-refractivity contribution in [3.05, 3.63) is 23.8 Å². The van der Waals surface area contributed by atoms with Crippen LogP contribution in [0.15, 0.2) is 18.2 Å². The fraction of sp³-hybridized carbons (Fsp3) is 0.231. The largest absolute Gasteiger partial charge is 0.493 e. The lowest BCUT2D eigenvalue weighted by atomic mass is 10.2. The summed E-state index contributed by atoms with van der Waals surface area (Å²) in [4.78, 5) is 21.9. The molecule has 1 aromatic rings. The lowest BCUT2D eigenvalue weighted by molar-refractivity contribution is -0.122. The maximum absolute atomic E-state index is 11.3. The molecule has 0 aliphatic carbocycles. The third-order valence-corrected chi connectivity index (χ3v) is 2.07. The first-order valence-electron chi connectivity index (χ1n) is 5.17. The predicted molar refractivity (Wildman–Crippen MR) is 65.7 cm³/mol. The molecular weight excluding hydrogens is 234 g/mol. The zero-order valence-electron chi connectivity index (χ0n) is 9.93. The summed E-state index contributed by atoms with van der Waals surface area (Å²) in [6.07, 6.45) is 5.70. The number of ether oxygens (including phenoxy) is 2. The number of amides is 1. The molecular formula is C13H13NO4. The van der Waals surface area contributed by atoms with Crippen LogP contribution in [0.2, 0.25) is 0 Å². The molecule has 0 unspecified atom stereocenters. The summed E-state index contributed by atoms with van der Waals surface area (Å²) < 4.78 is 10.3. The van der Waals surface area contributed by atoms with Gasteiger partial charge in [-0.25, -0.2) is 0 Å². The Labute approximate surface area is 105 Å². The Bertz CT molecular complexity index is 476. The fourth-order valence-corrected chi connectivity index (χ4v) is 1.22. The van der Waals surface area contributed by atoms with Crippen LogP contribution in [0.3, 0.4) is 0 Å². The van der Waals surface area contributed by atoms with Crippen LogP contribution in [0.5, 0.6) is 11.5 Å². The topological polar surface area (TPSA) is 64.6 Å². The first kappa shape index (κ1) is 13.6. The van der Waals surface area contributed by atoms with Crippen molar-refractivity contribution < 1.29 is 19.1 Å². The Balaban J connectivity index is 2.64. The van der Waals surface area contributed by atoms with Gasteiger partial charge in [0.05, 0.1) is 13.7 Å². The van der Waals surface area contributed by atoms with Gasteiger partial charge in [-0.3, -0.25) is 9.59 Å². The fourth-order valence-electron chi connectivity index (χ4n) is 1.22. The summed E-state index contributed by atoms with van der Waals surface area (Å²) in [6, 6.07) is 4.67. The normalized spacial score (nSPS) is 9.11. The summed E-state index contributed by atoms with van der Waals surface area (Å²) in [5.74, 6) is 2.74. The second-order valence-corrected chi connectivity index (χ2v) is 3.30. The Kier molecular flexibility index (Phi) is 5.26. The minimum atomic E-state index is -0.325. The average molecular weight is 247 g/mol. The number of benzene rings is 1. The van der Waals surface area contributed by atoms with Crippen molar-refractivity contribution in [3.8, 4) is 23.8 Å². The average Bonchev–Trinajstić information content (AvgIpc) is 2.42. The van der Waals surface area contributed by atoms with E-state index in [0.29, 0.717) is 23.3 Å². The number of hydrogen-bond acceptors (Lipinski definition) is 4. The Morgan fingerprint density at radius 3 is 2.89 bits per heavy atom. The number of hydrogen-bond donors (Lipinski definition) is 1. The molecule has 94 valence electrons. The van der Waals surface area contributed by atoms with Crippen LogP contribution in [-0.4, -0.2) is 32.5 Å². The molecule has 18 heavy (non-hydrogen) atoms. The monoisotopic (exact) mass is 247 g/mol. The molecule has 0 saturated heterocycles. The lowest BCUT2D eigenvalue weighted by Crippen LogP contribution is -2.29. The number of methoxy groups -OCH3 is 1. The minimum absolute atomic E-state index is 0.156. The van der Waals surface area contributed by atoms with Gasteiger partial charge < -0.3 is 14.8 Å². The van der Waals surface area contributed by atoms with Gasteiger partial charge >= 0.3 is 0 Å². The van der Waals surface area contributed by atoms with E-state index in [1.807, 2.05) is 0 Å². The van der Waals surface area contributed by atoms with Gasteiger partial charge in [0, 0.05) is 5.56 Å². The SMILES string of the molecule is C#CCNC(=O)COc1ccc(C=O)cc1OC. The number of carbonyl (C=O) groups excluding carboxylic acids is 2. The molecule has 5 nitrogen and oxygen atoms in total. The van der Waals surface area contributed by atoms with E-state index in [1.165, 1.54) is 13.2 Å². The molecule has 0 aliphatic heterocycles. The van der Waals surface area contributed by atoms with E-state index in [0.717, 1.165) is 0 Å². The standard InChI is InChI=1S/C13H13NO4/c1-3-6-14-13(16)9-18-11-5-4-10(8-15)7-12(11)17-2/h1,4-5,7-8H,6,9H2,2H3,(H,14,16). The third kappa shape index (κ3) is 3.83. The Morgan fingerprint density at radius 1 is 1.50 bits per heavy atom. The Morgan fingerprint density at radius 2 is 2.28 bits per heavy atom. The quantitative estimate of drug-likeness (QED) is 0.591. The molecule has 0 aromatic heterocycles. The van der Waals surface area contributed by atoms with Crippen LogP contribution < -0.4 is 14.8 Å². The van der Waals surface area contributed by atoms with E-state index >= 15 is 0 Å². The van der Waals surface area contributed by atoms with E-state index in [9.17, 15) is 9.59 Å². The van der Waals surface area contributed by atoms with E-state index in [1.54, 1.807) is 12.1 Å². The van der Waals surface area contributed by atoms with Crippen molar-refractivity contribution in [1.82, 2.24) is 5.32 Å². The summed E-state index contributed by atoms with van der Waals surface area (Å²) in [7, 11) is 1.45. The highest BCUT2D eigenvalue weighted by Crippen LogP contribution is 2.27. The van der Waals surface area contributed by atoms with Gasteiger partial charge in [-0.05, 0) is 18.2 Å². The molecule has 1 rings (SSSR count). The van der Waals surface area contributed by atoms with Crippen LogP contribution in [0, 0.1) is 12.3 Å². The molecule has 1 N–H and O–H groups in total. The van der Waals surface area contributed by atoms with Crippen LogP contribution in [0.25, 0.3) is 0 Å². The molecule has 5 heteroatoms. The van der Waals surface area contributed by atoms with Crippen molar-refractivity contribution in [2.24, 2.45) is 0 Å². The van der Waals surface area contributed by atoms with Gasteiger partial charge in [-0.1, -0.05) is 5.92 Å². The van der Waals surface area contributed by atoms with E-state index in [2.05, 4.69) is 11.2 Å². The second kappa shape index (κ2) is 6.97. The van der Waals surface area contributed by atoms with Crippen LogP contribution in [0.1, 0.15) is 10.4 Å². The van der Waals surface area contributed by atoms with Gasteiger partial charge in [-0.2, -0.15) is 0 Å². The zero-order valence-corrected chi connectivity index (χ0v) is 9.93. The number of rotatable bonds is 6. The van der Waals surface area contributed by atoms with Crippen molar-refractivity contribution >= 4 is 12.2 Å². The Hall–Kier alpha value is -2.48. The summed E-state index contributed by atoms with van der Waals surface area (Å²) in [5.41, 5.74) is 0.469. The molecule has 0 bridgehead atoms. The first-order chi connectivity index (χ1) is 8.71. The van der Waals surface area contributed by atoms with Crippen molar-refractivity contribution in [2.45, 2.75) is 0 Å². The molecule has 0 fully saturated rings. The molecule has 1 amide bonds. The minimum Gasteiger partial charge on any atom is -0.493 e. The number of aldehydes is 1. The predicted octanol–water partition coefficient (Wildman–Crippen LogP) is 0.636. The summed E-state index contributed by atoms with van der Waals surface area (Å²) >= 11 is 0. The first-order valence-corrected chi connectivity index (χ1v) is 5.17. The highest BCUT2D eigenvalue weighted by atomic mass is 16.5. The smallest absolute Gasteiger partial charge is 0.258 e. The molecule has 0 aliphatic rings.